The fourth-order valence-corrected chi connectivity index (χ4v) is 3.79. The highest BCUT2D eigenvalue weighted by molar-refractivity contribution is 7.09. The average molecular weight is 465 g/mol. The number of nitrogens with one attached hydrogen (secondary N) is 1. The van der Waals surface area contributed by atoms with E-state index >= 15 is 0 Å². The van der Waals surface area contributed by atoms with Crippen molar-refractivity contribution in [2.75, 3.05) is 11.9 Å². The minimum atomic E-state index is -1.06. The molecule has 1 aromatic carbocycles. The highest BCUT2D eigenvalue weighted by atomic mass is 35.5. The molecule has 1 aliphatic heterocycles. The maximum absolute atomic E-state index is 13.0. The van der Waals surface area contributed by atoms with Crippen LogP contribution in [0.3, 0.4) is 0 Å². The van der Waals surface area contributed by atoms with E-state index in [1.54, 1.807) is 24.3 Å². The van der Waals surface area contributed by atoms with Crippen LogP contribution in [0, 0.1) is 5.92 Å². The Bertz CT molecular complexity index is 1020. The summed E-state index contributed by atoms with van der Waals surface area (Å²) in [6.45, 7) is 4.02. The zero-order chi connectivity index (χ0) is 22.5. The number of carbonyl (C=O) groups is 3. The molecule has 9 nitrogen and oxygen atoms in total. The van der Waals surface area contributed by atoms with Crippen molar-refractivity contribution in [3.63, 3.8) is 0 Å². The van der Waals surface area contributed by atoms with E-state index in [9.17, 15) is 14.4 Å². The van der Waals surface area contributed by atoms with E-state index in [0.29, 0.717) is 23.0 Å². The molecule has 164 valence electrons. The first-order valence-corrected chi connectivity index (χ1v) is 10.7. The molecule has 31 heavy (non-hydrogen) atoms. The molecule has 0 aliphatic carbocycles. The summed E-state index contributed by atoms with van der Waals surface area (Å²) in [6, 6.07) is 6.16. The van der Waals surface area contributed by atoms with Crippen LogP contribution in [0.4, 0.5) is 5.13 Å². The van der Waals surface area contributed by atoms with E-state index in [1.165, 1.54) is 11.0 Å². The van der Waals surface area contributed by atoms with Crippen LogP contribution in [0.5, 0.6) is 5.75 Å². The van der Waals surface area contributed by atoms with Crippen LogP contribution in [0.1, 0.15) is 26.1 Å². The number of carbonyl (C=O) groups excluding carboxylic acids is 2. The molecule has 2 amide bonds. The smallest absolute Gasteiger partial charge is 0.311 e. The number of anilines is 1. The number of nitrogens with zero attached hydrogens (tertiary/aromatic N) is 3. The summed E-state index contributed by atoms with van der Waals surface area (Å²) in [7, 11) is 0. The SMILES string of the molecule is CC(C)C[C@@H](C(=O)Nc1nc(CC(=O)O)ns1)N1CC(Oc2ccccc2Cl)=CC1=O. The Balaban J connectivity index is 1.71. The monoisotopic (exact) mass is 464 g/mol. The van der Waals surface area contributed by atoms with Gasteiger partial charge < -0.3 is 14.7 Å². The van der Waals surface area contributed by atoms with Crippen molar-refractivity contribution in [1.29, 1.82) is 0 Å². The number of aromatic nitrogens is 2. The first-order valence-electron chi connectivity index (χ1n) is 9.51. The highest BCUT2D eigenvalue weighted by Gasteiger charge is 2.35. The van der Waals surface area contributed by atoms with Gasteiger partial charge in [-0.1, -0.05) is 37.6 Å². The van der Waals surface area contributed by atoms with Crippen LogP contribution in [-0.2, 0) is 20.8 Å². The molecule has 1 atom stereocenters. The van der Waals surface area contributed by atoms with Crippen molar-refractivity contribution in [1.82, 2.24) is 14.3 Å². The number of carboxylic acid groups (broad SMARTS) is 1. The largest absolute Gasteiger partial charge is 0.481 e. The van der Waals surface area contributed by atoms with Crippen molar-refractivity contribution in [3.05, 3.63) is 46.9 Å². The lowest BCUT2D eigenvalue weighted by Gasteiger charge is -2.28. The number of hydrogen-bond donors (Lipinski definition) is 2. The number of carboxylic acids is 1. The molecule has 0 spiro atoms. The Hall–Kier alpha value is -2.98. The molecule has 1 aliphatic rings. The second kappa shape index (κ2) is 9.88. The normalized spacial score (nSPS) is 14.5. The van der Waals surface area contributed by atoms with Gasteiger partial charge in [0.2, 0.25) is 11.0 Å². The van der Waals surface area contributed by atoms with Crippen LogP contribution >= 0.6 is 23.1 Å². The third-order valence-electron chi connectivity index (χ3n) is 4.35. The first-order chi connectivity index (χ1) is 14.7. The molecular formula is C20H21ClN4O5S. The van der Waals surface area contributed by atoms with Crippen LogP contribution in [0.25, 0.3) is 0 Å². The lowest BCUT2D eigenvalue weighted by molar-refractivity contribution is -0.136. The summed E-state index contributed by atoms with van der Waals surface area (Å²) in [6.07, 6.45) is 1.44. The molecule has 2 N–H and O–H groups in total. The standard InChI is InChI=1S/C20H21ClN4O5S/c1-11(2)7-14(19(29)23-20-22-16(24-31-20)9-18(27)28)25-10-12(8-17(25)26)30-15-6-4-3-5-13(15)21/h3-6,8,11,14H,7,9-10H2,1-2H3,(H,27,28)(H,22,23,24,29)/t14-/m0/s1. The molecule has 0 saturated heterocycles. The van der Waals surface area contributed by atoms with Gasteiger partial charge in [0.25, 0.3) is 5.91 Å². The van der Waals surface area contributed by atoms with Crippen LogP contribution in [0.2, 0.25) is 5.02 Å². The maximum Gasteiger partial charge on any atom is 0.311 e. The van der Waals surface area contributed by atoms with E-state index in [2.05, 4.69) is 14.7 Å². The molecule has 0 unspecified atom stereocenters. The van der Waals surface area contributed by atoms with E-state index in [0.717, 1.165) is 11.5 Å². The van der Waals surface area contributed by atoms with Gasteiger partial charge in [0.15, 0.2) is 5.82 Å². The third-order valence-corrected chi connectivity index (χ3v) is 5.33. The van der Waals surface area contributed by atoms with Crippen LogP contribution < -0.4 is 10.1 Å². The van der Waals surface area contributed by atoms with E-state index in [-0.39, 0.29) is 35.7 Å². The van der Waals surface area contributed by atoms with Gasteiger partial charge in [0.1, 0.15) is 24.0 Å². The second-order valence-electron chi connectivity index (χ2n) is 7.33. The molecule has 0 fully saturated rings. The minimum Gasteiger partial charge on any atom is -0.481 e. The van der Waals surface area contributed by atoms with Gasteiger partial charge in [-0.05, 0) is 24.5 Å². The van der Waals surface area contributed by atoms with Gasteiger partial charge in [-0.25, -0.2) is 4.98 Å². The predicted molar refractivity (Wildman–Crippen MR) is 115 cm³/mol. The van der Waals surface area contributed by atoms with Crippen LogP contribution in [0.15, 0.2) is 36.1 Å². The second-order valence-corrected chi connectivity index (χ2v) is 8.49. The number of halogens is 1. The average Bonchev–Trinajstić information content (AvgIpc) is 3.27. The Kier molecular flexibility index (Phi) is 7.24. The zero-order valence-corrected chi connectivity index (χ0v) is 18.4. The lowest BCUT2D eigenvalue weighted by atomic mass is 10.0. The Labute approximate surface area is 187 Å². The van der Waals surface area contributed by atoms with Gasteiger partial charge in [-0.15, -0.1) is 0 Å². The van der Waals surface area contributed by atoms with Gasteiger partial charge in [0, 0.05) is 17.6 Å². The number of aliphatic carboxylic acids is 1. The molecule has 2 heterocycles. The minimum absolute atomic E-state index is 0.113. The molecule has 11 heteroatoms. The first kappa shape index (κ1) is 22.7. The molecule has 0 saturated carbocycles. The van der Waals surface area contributed by atoms with Gasteiger partial charge >= 0.3 is 5.97 Å². The van der Waals surface area contributed by atoms with Crippen molar-refractivity contribution in [3.8, 4) is 5.75 Å². The van der Waals surface area contributed by atoms with Gasteiger partial charge in [-0.3, -0.25) is 19.7 Å². The molecule has 3 rings (SSSR count). The predicted octanol–water partition coefficient (Wildman–Crippen LogP) is 2.98. The summed E-state index contributed by atoms with van der Waals surface area (Å²) < 4.78 is 9.68. The topological polar surface area (TPSA) is 122 Å². The summed E-state index contributed by atoms with van der Waals surface area (Å²) in [5.74, 6) is -0.766. The lowest BCUT2D eigenvalue weighted by Crippen LogP contribution is -2.46. The van der Waals surface area contributed by atoms with Crippen LogP contribution in [-0.4, -0.2) is 49.7 Å². The van der Waals surface area contributed by atoms with E-state index in [1.807, 2.05) is 13.8 Å². The van der Waals surface area contributed by atoms with Crippen molar-refractivity contribution < 1.29 is 24.2 Å². The van der Waals surface area contributed by atoms with Gasteiger partial charge in [-0.2, -0.15) is 4.37 Å². The van der Waals surface area contributed by atoms with E-state index < -0.39 is 17.9 Å². The number of amides is 2. The number of hydrogen-bond acceptors (Lipinski definition) is 7. The number of benzene rings is 1. The molecule has 2 aromatic rings. The van der Waals surface area contributed by atoms with Crippen molar-refractivity contribution in [2.45, 2.75) is 32.7 Å². The molecule has 0 radical (unpaired) electrons. The van der Waals surface area contributed by atoms with E-state index in [4.69, 9.17) is 21.4 Å². The Morgan fingerprint density at radius 1 is 1.35 bits per heavy atom. The summed E-state index contributed by atoms with van der Waals surface area (Å²) in [5.41, 5.74) is 0. The highest BCUT2D eigenvalue weighted by Crippen LogP contribution is 2.28. The molecule has 1 aromatic heterocycles. The Morgan fingerprint density at radius 3 is 2.77 bits per heavy atom. The quantitative estimate of drug-likeness (QED) is 0.585. The number of ether oxygens (including phenoxy) is 1. The Morgan fingerprint density at radius 2 is 2.10 bits per heavy atom. The summed E-state index contributed by atoms with van der Waals surface area (Å²) in [5, 5.41) is 12.1. The fraction of sp³-hybridized carbons (Fsp3) is 0.350. The number of para-hydroxylation sites is 1. The maximum atomic E-state index is 13.0. The fourth-order valence-electron chi connectivity index (χ4n) is 3.03. The number of rotatable bonds is 9. The van der Waals surface area contributed by atoms with Gasteiger partial charge in [0.05, 0.1) is 11.6 Å². The third kappa shape index (κ3) is 6.02. The molecular weight excluding hydrogens is 444 g/mol. The summed E-state index contributed by atoms with van der Waals surface area (Å²) >= 11 is 7.01. The van der Waals surface area contributed by atoms with Crippen molar-refractivity contribution in [2.24, 2.45) is 5.92 Å². The molecule has 0 bridgehead atoms. The summed E-state index contributed by atoms with van der Waals surface area (Å²) in [4.78, 5) is 41.8. The zero-order valence-electron chi connectivity index (χ0n) is 16.9. The van der Waals surface area contributed by atoms with Crippen molar-refractivity contribution >= 4 is 46.0 Å².